The van der Waals surface area contributed by atoms with E-state index in [0.29, 0.717) is 18.8 Å². The van der Waals surface area contributed by atoms with Crippen LogP contribution in [0.25, 0.3) is 0 Å². The number of nitrogens with zero attached hydrogens (tertiary/aromatic N) is 1. The number of ether oxygens (including phenoxy) is 4. The van der Waals surface area contributed by atoms with Crippen molar-refractivity contribution in [1.82, 2.24) is 0 Å². The maximum Gasteiger partial charge on any atom is 0.355 e. The molecule has 0 unspecified atom stereocenters. The molecule has 0 fully saturated rings. The van der Waals surface area contributed by atoms with Gasteiger partial charge in [0, 0.05) is 6.54 Å². The highest BCUT2D eigenvalue weighted by molar-refractivity contribution is 6.04. The molecule has 0 bridgehead atoms. The standard InChI is InChI=1S/C22H24N2O6/c1-27-21(25)17-14-29-15-24(20(17)22(26)28-2)19-11-7-6-10-18(19)23-12-13-30-16-8-4-3-5-9-16/h3-11,23H,12-15H2,1-2H3. The third-order valence-corrected chi connectivity index (χ3v) is 4.46. The lowest BCUT2D eigenvalue weighted by atomic mass is 10.1. The second kappa shape index (κ2) is 10.3. The van der Waals surface area contributed by atoms with Gasteiger partial charge < -0.3 is 29.2 Å². The average Bonchev–Trinajstić information content (AvgIpc) is 2.81. The van der Waals surface area contributed by atoms with Gasteiger partial charge in [-0.25, -0.2) is 9.59 Å². The SMILES string of the molecule is COC(=O)C1=C(C(=O)OC)N(c2ccccc2NCCOc2ccccc2)COC1. The summed E-state index contributed by atoms with van der Waals surface area (Å²) in [7, 11) is 2.52. The minimum absolute atomic E-state index is 0.0336. The Morgan fingerprint density at radius 1 is 1.00 bits per heavy atom. The van der Waals surface area contributed by atoms with E-state index in [4.69, 9.17) is 18.9 Å². The zero-order chi connectivity index (χ0) is 21.3. The average molecular weight is 412 g/mol. The summed E-state index contributed by atoms with van der Waals surface area (Å²) in [5.74, 6) is -0.488. The first kappa shape index (κ1) is 21.2. The normalized spacial score (nSPS) is 13.6. The molecule has 2 aromatic carbocycles. The smallest absolute Gasteiger partial charge is 0.355 e. The lowest BCUT2D eigenvalue weighted by Gasteiger charge is -2.32. The predicted octanol–water partition coefficient (Wildman–Crippen LogP) is 2.57. The molecule has 1 aliphatic heterocycles. The number of esters is 2. The Labute approximate surface area is 175 Å². The summed E-state index contributed by atoms with van der Waals surface area (Å²) in [6.07, 6.45) is 0. The number of methoxy groups -OCH3 is 2. The summed E-state index contributed by atoms with van der Waals surface area (Å²) in [4.78, 5) is 26.3. The Kier molecular flexibility index (Phi) is 7.29. The van der Waals surface area contributed by atoms with Crippen LogP contribution in [0.15, 0.2) is 65.9 Å². The number of hydrogen-bond acceptors (Lipinski definition) is 8. The zero-order valence-electron chi connectivity index (χ0n) is 16.9. The first-order chi connectivity index (χ1) is 14.7. The second-order valence-electron chi connectivity index (χ2n) is 6.32. The molecule has 0 atom stereocenters. The number of rotatable bonds is 8. The van der Waals surface area contributed by atoms with Crippen molar-refractivity contribution in [3.63, 3.8) is 0 Å². The van der Waals surface area contributed by atoms with Gasteiger partial charge in [0.25, 0.3) is 0 Å². The van der Waals surface area contributed by atoms with Gasteiger partial charge in [-0.1, -0.05) is 30.3 Å². The summed E-state index contributed by atoms with van der Waals surface area (Å²) in [6.45, 7) is 1.03. The molecule has 1 N–H and O–H groups in total. The van der Waals surface area contributed by atoms with Crippen LogP contribution in [0.2, 0.25) is 0 Å². The Morgan fingerprint density at radius 3 is 2.43 bits per heavy atom. The van der Waals surface area contributed by atoms with Crippen molar-refractivity contribution in [2.75, 3.05) is 50.9 Å². The number of carbonyl (C=O) groups is 2. The second-order valence-corrected chi connectivity index (χ2v) is 6.32. The molecule has 8 heteroatoms. The van der Waals surface area contributed by atoms with E-state index in [2.05, 4.69) is 5.32 Å². The molecule has 30 heavy (non-hydrogen) atoms. The van der Waals surface area contributed by atoms with Crippen molar-refractivity contribution in [3.8, 4) is 5.75 Å². The molecule has 8 nitrogen and oxygen atoms in total. The van der Waals surface area contributed by atoms with Gasteiger partial charge in [0.15, 0.2) is 0 Å². The van der Waals surface area contributed by atoms with Crippen molar-refractivity contribution in [2.24, 2.45) is 0 Å². The highest BCUT2D eigenvalue weighted by Crippen LogP contribution is 2.32. The van der Waals surface area contributed by atoms with Crippen molar-refractivity contribution < 1.29 is 28.5 Å². The molecule has 0 saturated heterocycles. The van der Waals surface area contributed by atoms with Gasteiger partial charge in [0.05, 0.1) is 37.8 Å². The molecule has 0 saturated carbocycles. The molecule has 0 spiro atoms. The quantitative estimate of drug-likeness (QED) is 0.523. The van der Waals surface area contributed by atoms with Crippen molar-refractivity contribution in [3.05, 3.63) is 65.9 Å². The number of benzene rings is 2. The van der Waals surface area contributed by atoms with Gasteiger partial charge in [0.1, 0.15) is 24.8 Å². The lowest BCUT2D eigenvalue weighted by Crippen LogP contribution is -2.39. The molecule has 1 aliphatic rings. The zero-order valence-corrected chi connectivity index (χ0v) is 16.9. The van der Waals surface area contributed by atoms with Crippen LogP contribution in [-0.4, -0.2) is 52.6 Å². The van der Waals surface area contributed by atoms with Crippen LogP contribution in [0.5, 0.6) is 5.75 Å². The van der Waals surface area contributed by atoms with Crippen LogP contribution in [0, 0.1) is 0 Å². The first-order valence-electron chi connectivity index (χ1n) is 9.41. The third kappa shape index (κ3) is 4.90. The van der Waals surface area contributed by atoms with Gasteiger partial charge in [-0.3, -0.25) is 0 Å². The fraction of sp³-hybridized carbons (Fsp3) is 0.273. The number of para-hydroxylation sites is 3. The fourth-order valence-corrected chi connectivity index (χ4v) is 3.06. The minimum Gasteiger partial charge on any atom is -0.492 e. The molecule has 1 heterocycles. The highest BCUT2D eigenvalue weighted by Gasteiger charge is 2.33. The Morgan fingerprint density at radius 2 is 1.70 bits per heavy atom. The van der Waals surface area contributed by atoms with Crippen LogP contribution < -0.4 is 15.0 Å². The summed E-state index contributed by atoms with van der Waals surface area (Å²) in [5.41, 5.74) is 1.63. The van der Waals surface area contributed by atoms with Crippen molar-refractivity contribution >= 4 is 23.3 Å². The minimum atomic E-state index is -0.638. The topological polar surface area (TPSA) is 86.3 Å². The van der Waals surface area contributed by atoms with Crippen molar-refractivity contribution in [2.45, 2.75) is 0 Å². The fourth-order valence-electron chi connectivity index (χ4n) is 3.06. The largest absolute Gasteiger partial charge is 0.492 e. The van der Waals surface area contributed by atoms with E-state index < -0.39 is 11.9 Å². The summed E-state index contributed by atoms with van der Waals surface area (Å²) in [5, 5.41) is 3.30. The van der Waals surface area contributed by atoms with E-state index in [9.17, 15) is 9.59 Å². The molecular formula is C22H24N2O6. The van der Waals surface area contributed by atoms with E-state index in [-0.39, 0.29) is 24.6 Å². The molecule has 0 radical (unpaired) electrons. The molecule has 158 valence electrons. The van der Waals surface area contributed by atoms with Crippen LogP contribution in [0.1, 0.15) is 0 Å². The van der Waals surface area contributed by atoms with Crippen LogP contribution in [0.3, 0.4) is 0 Å². The molecule has 3 rings (SSSR count). The van der Waals surface area contributed by atoms with Crippen LogP contribution in [0.4, 0.5) is 11.4 Å². The molecule has 2 aromatic rings. The van der Waals surface area contributed by atoms with E-state index in [1.807, 2.05) is 54.6 Å². The molecular weight excluding hydrogens is 388 g/mol. The van der Waals surface area contributed by atoms with Crippen LogP contribution in [-0.2, 0) is 23.8 Å². The summed E-state index contributed by atoms with van der Waals surface area (Å²) >= 11 is 0. The van der Waals surface area contributed by atoms with E-state index in [1.165, 1.54) is 14.2 Å². The van der Waals surface area contributed by atoms with Crippen molar-refractivity contribution in [1.29, 1.82) is 0 Å². The Balaban J connectivity index is 1.80. The van der Waals surface area contributed by atoms with Gasteiger partial charge in [-0.2, -0.15) is 0 Å². The Bertz CT molecular complexity index is 913. The lowest BCUT2D eigenvalue weighted by molar-refractivity contribution is -0.140. The molecule has 0 aromatic heterocycles. The van der Waals surface area contributed by atoms with Gasteiger partial charge in [-0.15, -0.1) is 0 Å². The Hall–Kier alpha value is -3.52. The molecule has 0 aliphatic carbocycles. The van der Waals surface area contributed by atoms with Gasteiger partial charge in [-0.05, 0) is 24.3 Å². The number of hydrogen-bond donors (Lipinski definition) is 1. The highest BCUT2D eigenvalue weighted by atomic mass is 16.5. The van der Waals surface area contributed by atoms with Gasteiger partial charge in [0.2, 0.25) is 0 Å². The first-order valence-corrected chi connectivity index (χ1v) is 9.41. The maximum absolute atomic E-state index is 12.5. The number of anilines is 2. The maximum atomic E-state index is 12.5. The summed E-state index contributed by atoms with van der Waals surface area (Å²) < 4.78 is 21.0. The number of nitrogens with one attached hydrogen (secondary N) is 1. The third-order valence-electron chi connectivity index (χ3n) is 4.46. The van der Waals surface area contributed by atoms with E-state index >= 15 is 0 Å². The molecule has 0 amide bonds. The summed E-state index contributed by atoms with van der Waals surface area (Å²) in [6, 6.07) is 16.9. The van der Waals surface area contributed by atoms with Crippen LogP contribution >= 0.6 is 0 Å². The monoisotopic (exact) mass is 412 g/mol. The van der Waals surface area contributed by atoms with E-state index in [0.717, 1.165) is 11.4 Å². The van der Waals surface area contributed by atoms with Gasteiger partial charge >= 0.3 is 11.9 Å². The van der Waals surface area contributed by atoms with E-state index in [1.54, 1.807) is 4.90 Å². The predicted molar refractivity (Wildman–Crippen MR) is 111 cm³/mol. The number of carbonyl (C=O) groups excluding carboxylic acids is 2.